The Morgan fingerprint density at radius 1 is 1.35 bits per heavy atom. The van der Waals surface area contributed by atoms with E-state index in [-0.39, 0.29) is 5.70 Å². The van der Waals surface area contributed by atoms with E-state index in [0.29, 0.717) is 21.5 Å². The summed E-state index contributed by atoms with van der Waals surface area (Å²) in [5, 5.41) is 10.5. The number of nitro groups is 1. The van der Waals surface area contributed by atoms with Gasteiger partial charge in [0, 0.05) is 13.0 Å². The van der Waals surface area contributed by atoms with E-state index < -0.39 is 4.92 Å². The van der Waals surface area contributed by atoms with Crippen LogP contribution in [0.1, 0.15) is 12.5 Å². The maximum absolute atomic E-state index is 10.5. The first-order valence-corrected chi connectivity index (χ1v) is 5.53. The fourth-order valence-corrected chi connectivity index (χ4v) is 1.82. The third kappa shape index (κ3) is 3.20. The Morgan fingerprint density at radius 2 is 1.82 bits per heavy atom. The number of benzene rings is 1. The van der Waals surface area contributed by atoms with Gasteiger partial charge in [-0.15, -0.1) is 0 Å². The highest BCUT2D eigenvalue weighted by Crippen LogP contribution is 2.36. The van der Waals surface area contributed by atoms with Gasteiger partial charge < -0.3 is 9.47 Å². The lowest BCUT2D eigenvalue weighted by Gasteiger charge is -2.09. The number of nitrogens with zero attached hydrogens (tertiary/aromatic N) is 1. The Morgan fingerprint density at radius 3 is 2.18 bits per heavy atom. The second-order valence-electron chi connectivity index (χ2n) is 3.28. The Bertz CT molecular complexity index is 446. The highest BCUT2D eigenvalue weighted by molar-refractivity contribution is 9.10. The summed E-state index contributed by atoms with van der Waals surface area (Å²) in [6.07, 6.45) is 1.46. The van der Waals surface area contributed by atoms with E-state index in [9.17, 15) is 10.1 Å². The van der Waals surface area contributed by atoms with Gasteiger partial charge in [-0.25, -0.2) is 0 Å². The molecule has 0 aromatic heterocycles. The van der Waals surface area contributed by atoms with Crippen LogP contribution in [0, 0.1) is 10.1 Å². The van der Waals surface area contributed by atoms with Gasteiger partial charge in [-0.3, -0.25) is 10.1 Å². The number of halogens is 1. The van der Waals surface area contributed by atoms with Crippen molar-refractivity contribution < 1.29 is 14.4 Å². The first-order chi connectivity index (χ1) is 7.99. The van der Waals surface area contributed by atoms with E-state index in [4.69, 9.17) is 9.47 Å². The number of allylic oxidation sites excluding steroid dienone is 1. The van der Waals surface area contributed by atoms with Gasteiger partial charge in [0.25, 0.3) is 0 Å². The van der Waals surface area contributed by atoms with Crippen LogP contribution in [0.3, 0.4) is 0 Å². The first kappa shape index (κ1) is 13.5. The van der Waals surface area contributed by atoms with E-state index >= 15 is 0 Å². The van der Waals surface area contributed by atoms with E-state index in [0.717, 1.165) is 0 Å². The molecule has 17 heavy (non-hydrogen) atoms. The van der Waals surface area contributed by atoms with Crippen LogP contribution < -0.4 is 9.47 Å². The van der Waals surface area contributed by atoms with Gasteiger partial charge in [0.2, 0.25) is 5.70 Å². The molecule has 0 spiro atoms. The van der Waals surface area contributed by atoms with Crippen LogP contribution >= 0.6 is 15.9 Å². The smallest absolute Gasteiger partial charge is 0.243 e. The van der Waals surface area contributed by atoms with E-state index in [2.05, 4.69) is 15.9 Å². The van der Waals surface area contributed by atoms with Crippen LogP contribution in [0.4, 0.5) is 0 Å². The minimum atomic E-state index is -0.443. The second kappa shape index (κ2) is 5.67. The molecule has 0 unspecified atom stereocenters. The minimum Gasteiger partial charge on any atom is -0.495 e. The monoisotopic (exact) mass is 301 g/mol. The molecule has 0 fully saturated rings. The summed E-state index contributed by atoms with van der Waals surface area (Å²) >= 11 is 3.33. The molecule has 0 saturated carbocycles. The molecule has 0 heterocycles. The van der Waals surface area contributed by atoms with Gasteiger partial charge in [-0.05, 0) is 33.6 Å². The SMILES string of the molecule is COc1cc(/C=C(\C)[N+](=O)[O-])cc(OC)c1Br. The lowest BCUT2D eigenvalue weighted by Crippen LogP contribution is -1.95. The summed E-state index contributed by atoms with van der Waals surface area (Å²) in [7, 11) is 3.04. The van der Waals surface area contributed by atoms with Crippen LogP contribution in [-0.4, -0.2) is 19.1 Å². The number of ether oxygens (including phenoxy) is 2. The number of rotatable bonds is 4. The van der Waals surface area contributed by atoms with Crippen molar-refractivity contribution >= 4 is 22.0 Å². The van der Waals surface area contributed by atoms with Crippen LogP contribution in [0.5, 0.6) is 11.5 Å². The average Bonchev–Trinajstić information content (AvgIpc) is 2.30. The predicted molar refractivity (Wildman–Crippen MR) is 67.9 cm³/mol. The molecule has 0 saturated heterocycles. The molecule has 0 radical (unpaired) electrons. The fraction of sp³-hybridized carbons (Fsp3) is 0.273. The quantitative estimate of drug-likeness (QED) is 0.633. The zero-order chi connectivity index (χ0) is 13.0. The van der Waals surface area contributed by atoms with Crippen molar-refractivity contribution in [1.29, 1.82) is 0 Å². The van der Waals surface area contributed by atoms with Crippen molar-refractivity contribution in [3.05, 3.63) is 38.0 Å². The van der Waals surface area contributed by atoms with Crippen molar-refractivity contribution in [3.63, 3.8) is 0 Å². The highest BCUT2D eigenvalue weighted by atomic mass is 79.9. The summed E-state index contributed by atoms with van der Waals surface area (Å²) < 4.78 is 11.0. The van der Waals surface area contributed by atoms with Gasteiger partial charge >= 0.3 is 0 Å². The number of hydrogen-bond donors (Lipinski definition) is 0. The van der Waals surface area contributed by atoms with Gasteiger partial charge in [-0.1, -0.05) is 0 Å². The normalized spacial score (nSPS) is 11.2. The maximum atomic E-state index is 10.5. The molecule has 0 aliphatic carbocycles. The molecule has 0 aliphatic heterocycles. The molecule has 0 bridgehead atoms. The molecule has 5 nitrogen and oxygen atoms in total. The van der Waals surface area contributed by atoms with Crippen LogP contribution in [0.25, 0.3) is 6.08 Å². The summed E-state index contributed by atoms with van der Waals surface area (Å²) in [5.74, 6) is 1.12. The van der Waals surface area contributed by atoms with E-state index in [1.807, 2.05) is 0 Å². The summed E-state index contributed by atoms with van der Waals surface area (Å²) in [6, 6.07) is 3.39. The Balaban J connectivity index is 3.27. The van der Waals surface area contributed by atoms with Crippen molar-refractivity contribution in [3.8, 4) is 11.5 Å². The zero-order valence-electron chi connectivity index (χ0n) is 9.69. The largest absolute Gasteiger partial charge is 0.495 e. The topological polar surface area (TPSA) is 61.6 Å². The fourth-order valence-electron chi connectivity index (χ4n) is 1.27. The molecule has 1 aromatic rings. The molecule has 92 valence electrons. The lowest BCUT2D eigenvalue weighted by molar-refractivity contribution is -0.422. The third-order valence-corrected chi connectivity index (χ3v) is 2.91. The average molecular weight is 302 g/mol. The predicted octanol–water partition coefficient (Wildman–Crippen LogP) is 3.10. The molecular formula is C11H12BrNO4. The molecule has 0 amide bonds. The first-order valence-electron chi connectivity index (χ1n) is 4.73. The van der Waals surface area contributed by atoms with E-state index in [1.165, 1.54) is 27.2 Å². The van der Waals surface area contributed by atoms with Crippen molar-refractivity contribution in [2.24, 2.45) is 0 Å². The molecule has 0 aliphatic rings. The molecular weight excluding hydrogens is 290 g/mol. The van der Waals surface area contributed by atoms with Gasteiger partial charge in [-0.2, -0.15) is 0 Å². The van der Waals surface area contributed by atoms with Gasteiger partial charge in [0.05, 0.1) is 19.1 Å². The standard InChI is InChI=1S/C11H12BrNO4/c1-7(13(14)15)4-8-5-9(16-2)11(12)10(6-8)17-3/h4-6H,1-3H3/b7-4+. The Hall–Kier alpha value is -1.56. The highest BCUT2D eigenvalue weighted by Gasteiger charge is 2.10. The number of hydrogen-bond acceptors (Lipinski definition) is 4. The molecule has 6 heteroatoms. The van der Waals surface area contributed by atoms with Crippen LogP contribution in [-0.2, 0) is 0 Å². The Labute approximate surface area is 107 Å². The molecule has 1 aromatic carbocycles. The van der Waals surface area contributed by atoms with Crippen LogP contribution in [0.2, 0.25) is 0 Å². The Kier molecular flexibility index (Phi) is 4.51. The van der Waals surface area contributed by atoms with Crippen molar-refractivity contribution in [1.82, 2.24) is 0 Å². The lowest BCUT2D eigenvalue weighted by atomic mass is 10.1. The number of methoxy groups -OCH3 is 2. The van der Waals surface area contributed by atoms with Crippen molar-refractivity contribution in [2.75, 3.05) is 14.2 Å². The molecule has 0 atom stereocenters. The summed E-state index contributed by atoms with van der Waals surface area (Å²) in [5.41, 5.74) is 0.701. The molecule has 1 rings (SSSR count). The van der Waals surface area contributed by atoms with Gasteiger partial charge in [0.1, 0.15) is 16.0 Å². The van der Waals surface area contributed by atoms with E-state index in [1.54, 1.807) is 12.1 Å². The second-order valence-corrected chi connectivity index (χ2v) is 4.08. The maximum Gasteiger partial charge on any atom is 0.243 e. The summed E-state index contributed by atoms with van der Waals surface area (Å²) in [4.78, 5) is 10.1. The third-order valence-electron chi connectivity index (χ3n) is 2.13. The summed E-state index contributed by atoms with van der Waals surface area (Å²) in [6.45, 7) is 1.43. The van der Waals surface area contributed by atoms with Crippen LogP contribution in [0.15, 0.2) is 22.3 Å². The minimum absolute atomic E-state index is 0.0522. The molecule has 0 N–H and O–H groups in total. The van der Waals surface area contributed by atoms with Crippen molar-refractivity contribution in [2.45, 2.75) is 6.92 Å². The zero-order valence-corrected chi connectivity index (χ0v) is 11.3. The van der Waals surface area contributed by atoms with Gasteiger partial charge in [0.15, 0.2) is 0 Å².